The molecule has 1 unspecified atom stereocenters. The molecule has 36 heavy (non-hydrogen) atoms. The van der Waals surface area contributed by atoms with Crippen molar-refractivity contribution in [3.8, 4) is 11.5 Å². The quantitative estimate of drug-likeness (QED) is 0.610. The SMILES string of the molecule is COc1cc(C2C3=C(CCCC3=O)N(c3ccc(C)cc3)C3=C2C(=O)CCC3)c([NH+]([O-])O)cc1OC. The van der Waals surface area contributed by atoms with Gasteiger partial charge in [-0.15, -0.1) is 0 Å². The lowest BCUT2D eigenvalue weighted by atomic mass is 9.70. The minimum atomic E-state index is -1.15. The number of carbonyl (C=O) groups excluding carboxylic acids is 2. The third-order valence-corrected chi connectivity index (χ3v) is 7.36. The van der Waals surface area contributed by atoms with Crippen molar-refractivity contribution < 1.29 is 29.5 Å². The molecular weight excluding hydrogens is 460 g/mol. The van der Waals surface area contributed by atoms with Gasteiger partial charge in [0.2, 0.25) is 0 Å². The predicted octanol–water partition coefficient (Wildman–Crippen LogP) is 4.03. The van der Waals surface area contributed by atoms with Crippen LogP contribution >= 0.6 is 0 Å². The second kappa shape index (κ2) is 9.54. The van der Waals surface area contributed by atoms with Crippen LogP contribution in [0.5, 0.6) is 11.5 Å². The fourth-order valence-electron chi connectivity index (χ4n) is 5.76. The molecule has 0 saturated heterocycles. The number of Topliss-reactive ketones (excluding diaryl/α,β-unsaturated/α-hetero) is 2. The summed E-state index contributed by atoms with van der Waals surface area (Å²) < 4.78 is 10.9. The van der Waals surface area contributed by atoms with Gasteiger partial charge in [-0.05, 0) is 50.8 Å². The summed E-state index contributed by atoms with van der Waals surface area (Å²) in [5.41, 5.74) is 5.17. The van der Waals surface area contributed by atoms with Crippen LogP contribution in [0.25, 0.3) is 0 Å². The Bertz CT molecular complexity index is 1250. The van der Waals surface area contributed by atoms with Gasteiger partial charge in [0.25, 0.3) is 0 Å². The number of nitrogens with zero attached hydrogens (tertiary/aromatic N) is 1. The Morgan fingerprint density at radius 3 is 1.92 bits per heavy atom. The number of anilines is 1. The van der Waals surface area contributed by atoms with Crippen molar-refractivity contribution in [1.82, 2.24) is 0 Å². The van der Waals surface area contributed by atoms with Crippen LogP contribution in [0.4, 0.5) is 11.4 Å². The number of nitrogens with one attached hydrogen (secondary N) is 1. The molecule has 2 aromatic rings. The van der Waals surface area contributed by atoms with Gasteiger partial charge < -0.3 is 19.6 Å². The van der Waals surface area contributed by atoms with Crippen molar-refractivity contribution in [2.75, 3.05) is 19.1 Å². The lowest BCUT2D eigenvalue weighted by Crippen LogP contribution is -2.99. The molecule has 0 bridgehead atoms. The Labute approximate surface area is 209 Å². The Morgan fingerprint density at radius 1 is 0.889 bits per heavy atom. The molecule has 0 aromatic heterocycles. The fourth-order valence-corrected chi connectivity index (χ4v) is 5.76. The highest BCUT2D eigenvalue weighted by Gasteiger charge is 2.45. The van der Waals surface area contributed by atoms with Gasteiger partial charge in [0.15, 0.2) is 28.8 Å². The third-order valence-electron chi connectivity index (χ3n) is 7.36. The summed E-state index contributed by atoms with van der Waals surface area (Å²) in [6, 6.07) is 11.1. The second-order valence-corrected chi connectivity index (χ2v) is 9.48. The van der Waals surface area contributed by atoms with Crippen molar-refractivity contribution in [2.24, 2.45) is 0 Å². The maximum atomic E-state index is 13.6. The molecule has 188 valence electrons. The summed E-state index contributed by atoms with van der Waals surface area (Å²) in [5, 5.41) is 21.4. The van der Waals surface area contributed by atoms with E-state index in [1.807, 2.05) is 31.2 Å². The average molecular weight is 491 g/mol. The van der Waals surface area contributed by atoms with Crippen LogP contribution in [0.2, 0.25) is 0 Å². The van der Waals surface area contributed by atoms with Gasteiger partial charge >= 0.3 is 0 Å². The first kappa shape index (κ1) is 24.2. The smallest absolute Gasteiger partial charge is 0.171 e. The summed E-state index contributed by atoms with van der Waals surface area (Å²) in [4.78, 5) is 29.2. The Balaban J connectivity index is 1.83. The highest BCUT2D eigenvalue weighted by atomic mass is 16.8. The van der Waals surface area contributed by atoms with Gasteiger partial charge in [-0.1, -0.05) is 17.7 Å². The Kier molecular flexibility index (Phi) is 6.42. The van der Waals surface area contributed by atoms with E-state index in [4.69, 9.17) is 9.47 Å². The van der Waals surface area contributed by atoms with Crippen molar-refractivity contribution in [2.45, 2.75) is 51.4 Å². The first-order valence-corrected chi connectivity index (χ1v) is 12.2. The molecule has 0 saturated carbocycles. The maximum Gasteiger partial charge on any atom is 0.171 e. The molecule has 1 atom stereocenters. The van der Waals surface area contributed by atoms with E-state index >= 15 is 0 Å². The molecular formula is C28H30N2O6. The van der Waals surface area contributed by atoms with E-state index in [2.05, 4.69) is 4.90 Å². The number of benzene rings is 2. The molecule has 1 heterocycles. The van der Waals surface area contributed by atoms with Gasteiger partial charge in [-0.25, -0.2) is 5.21 Å². The van der Waals surface area contributed by atoms with E-state index in [1.54, 1.807) is 6.07 Å². The number of quaternary nitrogens is 1. The molecule has 8 heteroatoms. The number of aryl methyl sites for hydroxylation is 1. The number of ketones is 2. The van der Waals surface area contributed by atoms with Crippen molar-refractivity contribution >= 4 is 22.9 Å². The van der Waals surface area contributed by atoms with Crippen LogP contribution in [0, 0.1) is 12.1 Å². The van der Waals surface area contributed by atoms with Crippen LogP contribution in [-0.2, 0) is 9.59 Å². The van der Waals surface area contributed by atoms with Crippen molar-refractivity contribution in [3.05, 3.63) is 75.3 Å². The average Bonchev–Trinajstić information content (AvgIpc) is 2.87. The summed E-state index contributed by atoms with van der Waals surface area (Å²) >= 11 is 0. The molecule has 5 rings (SSSR count). The maximum absolute atomic E-state index is 13.6. The van der Waals surface area contributed by atoms with Crippen LogP contribution < -0.4 is 19.6 Å². The standard InChI is InChI=1S/C28H30N2O6/c1-16-10-12-17(13-11-16)29-19-6-4-8-22(31)27(19)26(28-20(29)7-5-9-23(28)32)18-14-24(35-2)25(36-3)15-21(18)30(33)34/h10-15,26,30,33H,4-9H2,1-3H3. The summed E-state index contributed by atoms with van der Waals surface area (Å²) in [6.45, 7) is 2.02. The highest BCUT2D eigenvalue weighted by molar-refractivity contribution is 6.08. The van der Waals surface area contributed by atoms with E-state index in [-0.39, 0.29) is 23.0 Å². The number of methoxy groups -OCH3 is 2. The number of ether oxygens (including phenoxy) is 2. The zero-order chi connectivity index (χ0) is 25.6. The third kappa shape index (κ3) is 3.91. The van der Waals surface area contributed by atoms with Crippen LogP contribution in [-0.4, -0.2) is 31.0 Å². The number of rotatable bonds is 5. The number of carbonyl (C=O) groups is 2. The van der Waals surface area contributed by atoms with Gasteiger partial charge in [-0.3, -0.25) is 9.59 Å². The summed E-state index contributed by atoms with van der Waals surface area (Å²) in [6.07, 6.45) is 3.49. The van der Waals surface area contributed by atoms with Crippen molar-refractivity contribution in [3.63, 3.8) is 0 Å². The van der Waals surface area contributed by atoms with E-state index in [1.165, 1.54) is 20.3 Å². The van der Waals surface area contributed by atoms with E-state index in [0.29, 0.717) is 61.0 Å². The molecule has 2 aliphatic carbocycles. The normalized spacial score (nSPS) is 19.3. The molecule has 2 aromatic carbocycles. The van der Waals surface area contributed by atoms with Gasteiger partial charge in [0.1, 0.15) is 0 Å². The minimum Gasteiger partial charge on any atom is -0.595 e. The summed E-state index contributed by atoms with van der Waals surface area (Å²) in [7, 11) is 2.93. The second-order valence-electron chi connectivity index (χ2n) is 9.48. The molecule has 3 aliphatic rings. The molecule has 1 aliphatic heterocycles. The molecule has 0 amide bonds. The van der Waals surface area contributed by atoms with Gasteiger partial charge in [0, 0.05) is 52.7 Å². The Hall–Kier alpha value is -3.46. The van der Waals surface area contributed by atoms with E-state index in [9.17, 15) is 20.0 Å². The number of allylic oxidation sites excluding steroid dienone is 4. The van der Waals surface area contributed by atoms with Gasteiger partial charge in [-0.2, -0.15) is 5.23 Å². The minimum absolute atomic E-state index is 0.00289. The first-order chi connectivity index (χ1) is 17.3. The van der Waals surface area contributed by atoms with Crippen LogP contribution in [0.15, 0.2) is 58.9 Å². The van der Waals surface area contributed by atoms with Gasteiger partial charge in [0.05, 0.1) is 20.1 Å². The molecule has 2 N–H and O–H groups in total. The monoisotopic (exact) mass is 490 g/mol. The highest BCUT2D eigenvalue weighted by Crippen LogP contribution is 2.52. The molecule has 0 spiro atoms. The zero-order valence-electron chi connectivity index (χ0n) is 20.7. The molecule has 0 radical (unpaired) electrons. The number of hydrogen-bond donors (Lipinski definition) is 2. The van der Waals surface area contributed by atoms with E-state index < -0.39 is 11.1 Å². The summed E-state index contributed by atoms with van der Waals surface area (Å²) in [5.74, 6) is -0.217. The molecule has 0 fully saturated rings. The lowest BCUT2D eigenvalue weighted by molar-refractivity contribution is -0.991. The van der Waals surface area contributed by atoms with E-state index in [0.717, 1.165) is 22.6 Å². The molecule has 8 nitrogen and oxygen atoms in total. The largest absolute Gasteiger partial charge is 0.595 e. The zero-order valence-corrected chi connectivity index (χ0v) is 20.7. The number of hydrogen-bond acceptors (Lipinski definition) is 7. The Morgan fingerprint density at radius 2 is 1.42 bits per heavy atom. The predicted molar refractivity (Wildman–Crippen MR) is 133 cm³/mol. The lowest BCUT2D eigenvalue weighted by Gasteiger charge is -2.44. The first-order valence-electron chi connectivity index (χ1n) is 12.2. The fraction of sp³-hybridized carbons (Fsp3) is 0.357. The van der Waals surface area contributed by atoms with Crippen LogP contribution in [0.3, 0.4) is 0 Å². The van der Waals surface area contributed by atoms with Crippen molar-refractivity contribution in [1.29, 1.82) is 0 Å². The van der Waals surface area contributed by atoms with Crippen LogP contribution in [0.1, 0.15) is 55.6 Å². The topological polar surface area (TPSA) is 104 Å².